The van der Waals surface area contributed by atoms with Gasteiger partial charge in [0, 0.05) is 19.0 Å². The van der Waals surface area contributed by atoms with Crippen LogP contribution in [0, 0.1) is 5.92 Å². The van der Waals surface area contributed by atoms with Crippen molar-refractivity contribution in [2.24, 2.45) is 11.7 Å². The fourth-order valence-electron chi connectivity index (χ4n) is 3.34. The number of carbonyl (C=O) groups excluding carboxylic acids is 1. The van der Waals surface area contributed by atoms with Gasteiger partial charge in [0.05, 0.1) is 17.0 Å². The molecular weight excluding hydrogens is 264 g/mol. The van der Waals surface area contributed by atoms with Crippen molar-refractivity contribution in [3.8, 4) is 0 Å². The highest BCUT2D eigenvalue weighted by molar-refractivity contribution is 5.78. The first kappa shape index (κ1) is 14.1. The Morgan fingerprint density at radius 1 is 1.48 bits per heavy atom. The standard InChI is InChI=1S/C16H22N4O/c1-2-20-14-8-4-3-7-12(14)19-15(20)10-13-11(16(17)21)6-5-9-18-13/h3-4,7-8,11,13,18H,2,5-6,9-10H2,1H3,(H2,17,21). The number of piperidine rings is 1. The second kappa shape index (κ2) is 5.85. The number of imidazole rings is 1. The number of rotatable bonds is 4. The van der Waals surface area contributed by atoms with Crippen molar-refractivity contribution < 1.29 is 4.79 Å². The molecule has 0 bridgehead atoms. The molecule has 21 heavy (non-hydrogen) atoms. The smallest absolute Gasteiger partial charge is 0.222 e. The van der Waals surface area contributed by atoms with Crippen LogP contribution in [-0.4, -0.2) is 28.0 Å². The van der Waals surface area contributed by atoms with Gasteiger partial charge in [-0.15, -0.1) is 0 Å². The topological polar surface area (TPSA) is 72.9 Å². The quantitative estimate of drug-likeness (QED) is 0.893. The van der Waals surface area contributed by atoms with Crippen molar-refractivity contribution in [2.75, 3.05) is 6.54 Å². The minimum atomic E-state index is -0.202. The summed E-state index contributed by atoms with van der Waals surface area (Å²) in [4.78, 5) is 16.4. The Labute approximate surface area is 124 Å². The van der Waals surface area contributed by atoms with E-state index in [4.69, 9.17) is 10.7 Å². The van der Waals surface area contributed by atoms with Crippen LogP contribution >= 0.6 is 0 Å². The molecule has 1 aromatic heterocycles. The first-order chi connectivity index (χ1) is 10.2. The summed E-state index contributed by atoms with van der Waals surface area (Å²) < 4.78 is 2.23. The number of hydrogen-bond acceptors (Lipinski definition) is 3. The Morgan fingerprint density at radius 3 is 3.05 bits per heavy atom. The van der Waals surface area contributed by atoms with Crippen molar-refractivity contribution in [2.45, 2.75) is 38.8 Å². The zero-order valence-electron chi connectivity index (χ0n) is 12.4. The maximum Gasteiger partial charge on any atom is 0.222 e. The van der Waals surface area contributed by atoms with E-state index in [0.29, 0.717) is 0 Å². The van der Waals surface area contributed by atoms with Crippen LogP contribution in [0.5, 0.6) is 0 Å². The molecule has 0 saturated carbocycles. The highest BCUT2D eigenvalue weighted by Crippen LogP contribution is 2.22. The first-order valence-corrected chi connectivity index (χ1v) is 7.67. The Bertz CT molecular complexity index is 649. The normalized spacial score (nSPS) is 22.5. The fraction of sp³-hybridized carbons (Fsp3) is 0.500. The molecule has 3 rings (SSSR count). The van der Waals surface area contributed by atoms with E-state index in [9.17, 15) is 4.79 Å². The van der Waals surface area contributed by atoms with Crippen LogP contribution in [0.2, 0.25) is 0 Å². The SMILES string of the molecule is CCn1c(CC2NCCCC2C(N)=O)nc2ccccc21. The third-order valence-electron chi connectivity index (χ3n) is 4.40. The summed E-state index contributed by atoms with van der Waals surface area (Å²) >= 11 is 0. The summed E-state index contributed by atoms with van der Waals surface area (Å²) in [5, 5.41) is 3.44. The van der Waals surface area contributed by atoms with E-state index >= 15 is 0 Å². The minimum absolute atomic E-state index is 0.0936. The number of benzene rings is 1. The van der Waals surface area contributed by atoms with Crippen LogP contribution in [0.1, 0.15) is 25.6 Å². The molecule has 1 fully saturated rings. The summed E-state index contributed by atoms with van der Waals surface area (Å²) in [5.41, 5.74) is 7.72. The second-order valence-corrected chi connectivity index (χ2v) is 5.68. The number of amides is 1. The van der Waals surface area contributed by atoms with Gasteiger partial charge in [-0.3, -0.25) is 4.79 Å². The lowest BCUT2D eigenvalue weighted by Gasteiger charge is -2.30. The van der Waals surface area contributed by atoms with Gasteiger partial charge in [0.1, 0.15) is 5.82 Å². The van der Waals surface area contributed by atoms with E-state index < -0.39 is 0 Å². The number of nitrogens with one attached hydrogen (secondary N) is 1. The molecule has 5 nitrogen and oxygen atoms in total. The van der Waals surface area contributed by atoms with Gasteiger partial charge in [-0.2, -0.15) is 0 Å². The third kappa shape index (κ3) is 2.65. The molecule has 1 aliphatic heterocycles. The van der Waals surface area contributed by atoms with Crippen LogP contribution < -0.4 is 11.1 Å². The lowest BCUT2D eigenvalue weighted by Crippen LogP contribution is -2.48. The Balaban J connectivity index is 1.91. The van der Waals surface area contributed by atoms with Crippen LogP contribution in [0.3, 0.4) is 0 Å². The summed E-state index contributed by atoms with van der Waals surface area (Å²) in [6.45, 7) is 3.95. The molecule has 0 spiro atoms. The molecule has 2 unspecified atom stereocenters. The van der Waals surface area contributed by atoms with Gasteiger partial charge < -0.3 is 15.6 Å². The maximum absolute atomic E-state index is 11.6. The number of nitrogens with two attached hydrogens (primary N) is 1. The number of hydrogen-bond donors (Lipinski definition) is 2. The first-order valence-electron chi connectivity index (χ1n) is 7.67. The highest BCUT2D eigenvalue weighted by atomic mass is 16.1. The molecule has 2 heterocycles. The number of aromatic nitrogens is 2. The third-order valence-corrected chi connectivity index (χ3v) is 4.40. The van der Waals surface area contributed by atoms with Crippen LogP contribution in [-0.2, 0) is 17.8 Å². The lowest BCUT2D eigenvalue weighted by atomic mass is 9.88. The monoisotopic (exact) mass is 286 g/mol. The van der Waals surface area contributed by atoms with Crippen molar-refractivity contribution in [3.63, 3.8) is 0 Å². The van der Waals surface area contributed by atoms with Crippen molar-refractivity contribution in [3.05, 3.63) is 30.1 Å². The molecule has 0 radical (unpaired) electrons. The van der Waals surface area contributed by atoms with E-state index in [2.05, 4.69) is 22.9 Å². The van der Waals surface area contributed by atoms with Gasteiger partial charge in [-0.1, -0.05) is 12.1 Å². The van der Waals surface area contributed by atoms with Gasteiger partial charge in [-0.05, 0) is 38.4 Å². The Kier molecular flexibility index (Phi) is 3.92. The predicted molar refractivity (Wildman–Crippen MR) is 82.8 cm³/mol. The predicted octanol–water partition coefficient (Wildman–Crippen LogP) is 1.45. The molecule has 1 amide bonds. The Morgan fingerprint density at radius 2 is 2.29 bits per heavy atom. The zero-order chi connectivity index (χ0) is 14.8. The van der Waals surface area contributed by atoms with Gasteiger partial charge in [0.15, 0.2) is 0 Å². The second-order valence-electron chi connectivity index (χ2n) is 5.68. The van der Waals surface area contributed by atoms with Crippen LogP contribution in [0.25, 0.3) is 11.0 Å². The van der Waals surface area contributed by atoms with E-state index in [0.717, 1.165) is 49.2 Å². The molecule has 2 aromatic rings. The summed E-state index contributed by atoms with van der Waals surface area (Å²) in [6, 6.07) is 8.26. The van der Waals surface area contributed by atoms with E-state index in [1.165, 1.54) is 0 Å². The molecule has 5 heteroatoms. The molecular formula is C16H22N4O. The van der Waals surface area contributed by atoms with Gasteiger partial charge >= 0.3 is 0 Å². The number of para-hydroxylation sites is 2. The van der Waals surface area contributed by atoms with Crippen molar-refractivity contribution in [1.82, 2.24) is 14.9 Å². The number of aryl methyl sites for hydroxylation is 1. The number of fused-ring (bicyclic) bond motifs is 1. The van der Waals surface area contributed by atoms with Crippen molar-refractivity contribution in [1.29, 1.82) is 0 Å². The van der Waals surface area contributed by atoms with Crippen LogP contribution in [0.15, 0.2) is 24.3 Å². The van der Waals surface area contributed by atoms with Gasteiger partial charge in [0.2, 0.25) is 5.91 Å². The highest BCUT2D eigenvalue weighted by Gasteiger charge is 2.30. The average molecular weight is 286 g/mol. The van der Waals surface area contributed by atoms with E-state index in [1.807, 2.05) is 18.2 Å². The summed E-state index contributed by atoms with van der Waals surface area (Å²) in [6.07, 6.45) is 2.63. The van der Waals surface area contributed by atoms with Crippen LogP contribution in [0.4, 0.5) is 0 Å². The maximum atomic E-state index is 11.6. The van der Waals surface area contributed by atoms with Gasteiger partial charge in [0.25, 0.3) is 0 Å². The average Bonchev–Trinajstić information content (AvgIpc) is 2.84. The number of carbonyl (C=O) groups is 1. The molecule has 1 aromatic carbocycles. The minimum Gasteiger partial charge on any atom is -0.369 e. The zero-order valence-corrected chi connectivity index (χ0v) is 12.4. The summed E-state index contributed by atoms with van der Waals surface area (Å²) in [7, 11) is 0. The molecule has 0 aliphatic carbocycles. The largest absolute Gasteiger partial charge is 0.369 e. The molecule has 2 atom stereocenters. The van der Waals surface area contributed by atoms with E-state index in [1.54, 1.807) is 0 Å². The number of nitrogens with zero attached hydrogens (tertiary/aromatic N) is 2. The van der Waals surface area contributed by atoms with E-state index in [-0.39, 0.29) is 17.9 Å². The van der Waals surface area contributed by atoms with Gasteiger partial charge in [-0.25, -0.2) is 4.98 Å². The Hall–Kier alpha value is -1.88. The summed E-state index contributed by atoms with van der Waals surface area (Å²) in [5.74, 6) is 0.736. The molecule has 3 N–H and O–H groups in total. The number of primary amides is 1. The molecule has 1 saturated heterocycles. The molecule has 112 valence electrons. The molecule has 1 aliphatic rings. The lowest BCUT2D eigenvalue weighted by molar-refractivity contribution is -0.123. The fourth-order valence-corrected chi connectivity index (χ4v) is 3.34. The van der Waals surface area contributed by atoms with Crippen molar-refractivity contribution >= 4 is 16.9 Å².